The minimum absolute atomic E-state index is 0.00175. The Labute approximate surface area is 176 Å². The third-order valence-electron chi connectivity index (χ3n) is 5.57. The molecule has 162 valence electrons. The third kappa shape index (κ3) is 5.33. The van der Waals surface area contributed by atoms with Crippen molar-refractivity contribution in [3.05, 3.63) is 29.8 Å². The number of hydroxylamine groups is 2. The van der Waals surface area contributed by atoms with Crippen LogP contribution in [-0.2, 0) is 0 Å². The van der Waals surface area contributed by atoms with E-state index in [2.05, 4.69) is 10.2 Å². The minimum atomic E-state index is -1.16. The SMILES string of the molecule is CCNC(=O)N1CC2CC(CN(CC(C)N(Oc3ccc(C#N)cc3)C(=O)O)C2)C1. The van der Waals surface area contributed by atoms with Gasteiger partial charge >= 0.3 is 12.1 Å². The van der Waals surface area contributed by atoms with E-state index in [1.807, 2.05) is 24.8 Å². The first-order chi connectivity index (χ1) is 14.4. The number of carbonyl (C=O) groups is 2. The minimum Gasteiger partial charge on any atom is -0.463 e. The molecule has 2 aliphatic rings. The number of carboxylic acid groups (broad SMARTS) is 1. The molecular formula is C21H29N5O4. The highest BCUT2D eigenvalue weighted by Gasteiger charge is 2.37. The van der Waals surface area contributed by atoms with Gasteiger partial charge in [-0.2, -0.15) is 5.26 Å². The van der Waals surface area contributed by atoms with Crippen molar-refractivity contribution in [1.29, 1.82) is 5.26 Å². The molecule has 2 N–H and O–H groups in total. The zero-order valence-electron chi connectivity index (χ0n) is 17.5. The lowest BCUT2D eigenvalue weighted by Crippen LogP contribution is -2.57. The molecule has 0 aromatic heterocycles. The number of amides is 3. The van der Waals surface area contributed by atoms with E-state index in [0.29, 0.717) is 36.2 Å². The van der Waals surface area contributed by atoms with Crippen LogP contribution in [0.1, 0.15) is 25.8 Å². The van der Waals surface area contributed by atoms with Crippen LogP contribution in [0.4, 0.5) is 9.59 Å². The van der Waals surface area contributed by atoms with Gasteiger partial charge in [0.2, 0.25) is 0 Å². The van der Waals surface area contributed by atoms with Crippen LogP contribution in [0.15, 0.2) is 24.3 Å². The summed E-state index contributed by atoms with van der Waals surface area (Å²) >= 11 is 0. The molecule has 9 heteroatoms. The van der Waals surface area contributed by atoms with Crippen molar-refractivity contribution in [2.45, 2.75) is 26.3 Å². The second kappa shape index (κ2) is 9.67. The highest BCUT2D eigenvalue weighted by Crippen LogP contribution is 2.29. The van der Waals surface area contributed by atoms with E-state index in [-0.39, 0.29) is 12.1 Å². The Balaban J connectivity index is 1.57. The molecule has 1 aromatic rings. The molecule has 2 aliphatic heterocycles. The summed E-state index contributed by atoms with van der Waals surface area (Å²) in [6.45, 7) is 8.05. The molecule has 2 saturated heterocycles. The van der Waals surface area contributed by atoms with Gasteiger partial charge in [-0.05, 0) is 56.4 Å². The number of hydrogen-bond donors (Lipinski definition) is 2. The number of hydrogen-bond acceptors (Lipinski definition) is 5. The van der Waals surface area contributed by atoms with E-state index < -0.39 is 6.09 Å². The Morgan fingerprint density at radius 2 is 1.90 bits per heavy atom. The van der Waals surface area contributed by atoms with Crippen molar-refractivity contribution in [3.63, 3.8) is 0 Å². The Morgan fingerprint density at radius 1 is 1.27 bits per heavy atom. The summed E-state index contributed by atoms with van der Waals surface area (Å²) in [5.41, 5.74) is 0.485. The Hall–Kier alpha value is -2.99. The summed E-state index contributed by atoms with van der Waals surface area (Å²) in [5, 5.41) is 22.3. The van der Waals surface area contributed by atoms with Crippen LogP contribution in [0.3, 0.4) is 0 Å². The van der Waals surface area contributed by atoms with Crippen LogP contribution >= 0.6 is 0 Å². The van der Waals surface area contributed by atoms with Crippen LogP contribution in [0.2, 0.25) is 0 Å². The summed E-state index contributed by atoms with van der Waals surface area (Å²) in [4.78, 5) is 33.7. The average molecular weight is 415 g/mol. The lowest BCUT2D eigenvalue weighted by molar-refractivity contribution is -0.0764. The summed E-state index contributed by atoms with van der Waals surface area (Å²) in [5.74, 6) is 1.16. The standard InChI is InChI=1S/C21H29N5O4/c1-3-23-20(27)25-13-17-8-18(14-25)12-24(11-17)10-15(2)26(21(28)29)30-19-6-4-16(9-22)5-7-19/h4-7,15,17-18H,3,8,10-14H2,1-2H3,(H,23,27)(H,28,29). The first kappa shape index (κ1) is 21.7. The average Bonchev–Trinajstić information content (AvgIpc) is 2.71. The number of benzene rings is 1. The van der Waals surface area contributed by atoms with Crippen LogP contribution in [0, 0.1) is 23.2 Å². The second-order valence-electron chi connectivity index (χ2n) is 8.11. The van der Waals surface area contributed by atoms with Gasteiger partial charge < -0.3 is 25.1 Å². The van der Waals surface area contributed by atoms with Crippen LogP contribution in [0.5, 0.6) is 5.75 Å². The highest BCUT2D eigenvalue weighted by atomic mass is 16.7. The topological polar surface area (TPSA) is 109 Å². The number of urea groups is 1. The molecule has 9 nitrogen and oxygen atoms in total. The Morgan fingerprint density at radius 3 is 2.43 bits per heavy atom. The Bertz CT molecular complexity index is 780. The maximum absolute atomic E-state index is 12.2. The number of rotatable bonds is 6. The maximum atomic E-state index is 12.2. The molecule has 0 radical (unpaired) electrons. The van der Waals surface area contributed by atoms with E-state index >= 15 is 0 Å². The normalized spacial score (nSPS) is 22.0. The van der Waals surface area contributed by atoms with Gasteiger partial charge in [0, 0.05) is 39.3 Å². The number of carbonyl (C=O) groups excluding carboxylic acids is 1. The molecule has 0 aliphatic carbocycles. The van der Waals surface area contributed by atoms with Gasteiger partial charge in [-0.1, -0.05) is 0 Å². The van der Waals surface area contributed by atoms with Gasteiger partial charge in [0.15, 0.2) is 5.75 Å². The maximum Gasteiger partial charge on any atom is 0.441 e. The predicted molar refractivity (Wildman–Crippen MR) is 110 cm³/mol. The summed E-state index contributed by atoms with van der Waals surface area (Å²) in [6, 6.07) is 8.00. The lowest BCUT2D eigenvalue weighted by atomic mass is 9.84. The first-order valence-corrected chi connectivity index (χ1v) is 10.3. The highest BCUT2D eigenvalue weighted by molar-refractivity contribution is 5.74. The molecule has 3 unspecified atom stereocenters. The molecule has 2 heterocycles. The largest absolute Gasteiger partial charge is 0.463 e. The van der Waals surface area contributed by atoms with Gasteiger partial charge in [-0.15, -0.1) is 5.06 Å². The summed E-state index contributed by atoms with van der Waals surface area (Å²) in [7, 11) is 0. The van der Waals surface area contributed by atoms with Crippen molar-refractivity contribution in [2.24, 2.45) is 11.8 Å². The first-order valence-electron chi connectivity index (χ1n) is 10.3. The number of nitrogens with zero attached hydrogens (tertiary/aromatic N) is 4. The van der Waals surface area contributed by atoms with Crippen LogP contribution < -0.4 is 10.2 Å². The van der Waals surface area contributed by atoms with Crippen molar-refractivity contribution >= 4 is 12.1 Å². The van der Waals surface area contributed by atoms with Crippen molar-refractivity contribution < 1.29 is 19.5 Å². The number of fused-ring (bicyclic) bond motifs is 2. The monoisotopic (exact) mass is 415 g/mol. The van der Waals surface area contributed by atoms with Gasteiger partial charge in [-0.25, -0.2) is 9.59 Å². The molecule has 0 saturated carbocycles. The predicted octanol–water partition coefficient (Wildman–Crippen LogP) is 2.20. The molecule has 2 fully saturated rings. The number of likely N-dealkylation sites (tertiary alicyclic amines) is 2. The molecule has 30 heavy (non-hydrogen) atoms. The fraction of sp³-hybridized carbons (Fsp3) is 0.571. The molecule has 3 amide bonds. The van der Waals surface area contributed by atoms with Gasteiger partial charge in [0.25, 0.3) is 0 Å². The zero-order valence-corrected chi connectivity index (χ0v) is 17.5. The summed E-state index contributed by atoms with van der Waals surface area (Å²) in [6.07, 6.45) is -0.0583. The number of nitriles is 1. The van der Waals surface area contributed by atoms with E-state index in [4.69, 9.17) is 10.1 Å². The fourth-order valence-corrected chi connectivity index (χ4v) is 4.43. The summed E-state index contributed by atoms with van der Waals surface area (Å²) < 4.78 is 0. The van der Waals surface area contributed by atoms with Crippen molar-refractivity contribution in [2.75, 3.05) is 39.3 Å². The molecule has 1 aromatic carbocycles. The van der Waals surface area contributed by atoms with E-state index in [0.717, 1.165) is 37.7 Å². The lowest BCUT2D eigenvalue weighted by Gasteiger charge is -2.46. The number of piperidine rings is 2. The van der Waals surface area contributed by atoms with E-state index in [1.54, 1.807) is 24.3 Å². The van der Waals surface area contributed by atoms with Crippen molar-refractivity contribution in [1.82, 2.24) is 20.2 Å². The van der Waals surface area contributed by atoms with E-state index in [9.17, 15) is 14.7 Å². The van der Waals surface area contributed by atoms with Crippen molar-refractivity contribution in [3.8, 4) is 11.8 Å². The molecule has 0 spiro atoms. The zero-order chi connectivity index (χ0) is 21.7. The third-order valence-corrected chi connectivity index (χ3v) is 5.57. The smallest absolute Gasteiger partial charge is 0.441 e. The quantitative estimate of drug-likeness (QED) is 0.690. The Kier molecular flexibility index (Phi) is 7.00. The fourth-order valence-electron chi connectivity index (χ4n) is 4.43. The van der Waals surface area contributed by atoms with Gasteiger partial charge in [0.05, 0.1) is 17.7 Å². The molecular weight excluding hydrogens is 386 g/mol. The molecule has 3 rings (SSSR count). The molecule has 3 atom stereocenters. The van der Waals surface area contributed by atoms with Crippen LogP contribution in [0.25, 0.3) is 0 Å². The van der Waals surface area contributed by atoms with E-state index in [1.165, 1.54) is 0 Å². The molecule has 2 bridgehead atoms. The van der Waals surface area contributed by atoms with Gasteiger partial charge in [0.1, 0.15) is 0 Å². The van der Waals surface area contributed by atoms with Gasteiger partial charge in [-0.3, -0.25) is 0 Å². The number of nitrogens with one attached hydrogen (secondary N) is 1. The van der Waals surface area contributed by atoms with Crippen LogP contribution in [-0.4, -0.2) is 77.4 Å². The second-order valence-corrected chi connectivity index (χ2v) is 8.11.